The van der Waals surface area contributed by atoms with Crippen molar-refractivity contribution in [1.82, 2.24) is 20.1 Å². The first-order valence-corrected chi connectivity index (χ1v) is 8.36. The van der Waals surface area contributed by atoms with Crippen molar-refractivity contribution in [3.8, 4) is 0 Å². The van der Waals surface area contributed by atoms with Crippen molar-refractivity contribution in [2.75, 3.05) is 18.8 Å². The molecule has 1 aromatic heterocycles. The van der Waals surface area contributed by atoms with Gasteiger partial charge in [0.25, 0.3) is 0 Å². The van der Waals surface area contributed by atoms with Crippen LogP contribution in [0, 0.1) is 0 Å². The Kier molecular flexibility index (Phi) is 4.90. The molecule has 1 fully saturated rings. The van der Waals surface area contributed by atoms with Crippen molar-refractivity contribution < 1.29 is 4.79 Å². The van der Waals surface area contributed by atoms with Crippen LogP contribution in [0.2, 0.25) is 0 Å². The van der Waals surface area contributed by atoms with E-state index in [1.54, 1.807) is 0 Å². The third kappa shape index (κ3) is 3.98. The number of amides is 1. The van der Waals surface area contributed by atoms with Gasteiger partial charge < -0.3 is 4.90 Å². The van der Waals surface area contributed by atoms with Crippen LogP contribution in [0.4, 0.5) is 0 Å². The van der Waals surface area contributed by atoms with E-state index in [9.17, 15) is 4.79 Å². The summed E-state index contributed by atoms with van der Waals surface area (Å²) in [5.41, 5.74) is 1.11. The molecule has 0 aliphatic carbocycles. The minimum atomic E-state index is 0.175. The largest absolute Gasteiger partial charge is 0.342 e. The SMILES string of the molecule is O=C(CSc1n[nH]c(/C=C/c2ccccc2)n1)N1CCCC1. The second kappa shape index (κ2) is 7.26. The smallest absolute Gasteiger partial charge is 0.233 e. The lowest BCUT2D eigenvalue weighted by atomic mass is 10.2. The van der Waals surface area contributed by atoms with Crippen LogP contribution in [0.25, 0.3) is 12.2 Å². The maximum absolute atomic E-state index is 12.0. The normalized spacial score (nSPS) is 14.8. The zero-order chi connectivity index (χ0) is 15.2. The molecule has 0 unspecified atom stereocenters. The van der Waals surface area contributed by atoms with Crippen molar-refractivity contribution >= 4 is 29.8 Å². The predicted molar refractivity (Wildman–Crippen MR) is 88.3 cm³/mol. The Morgan fingerprint density at radius 3 is 2.77 bits per heavy atom. The molecule has 1 aliphatic heterocycles. The van der Waals surface area contributed by atoms with Crippen LogP contribution in [0.15, 0.2) is 35.5 Å². The zero-order valence-corrected chi connectivity index (χ0v) is 13.1. The summed E-state index contributed by atoms with van der Waals surface area (Å²) in [5, 5.41) is 7.62. The number of nitrogens with zero attached hydrogens (tertiary/aromatic N) is 3. The van der Waals surface area contributed by atoms with Crippen LogP contribution in [0.3, 0.4) is 0 Å². The van der Waals surface area contributed by atoms with Crippen LogP contribution in [-0.2, 0) is 4.79 Å². The molecule has 0 radical (unpaired) electrons. The number of nitrogens with one attached hydrogen (secondary N) is 1. The van der Waals surface area contributed by atoms with E-state index in [0.29, 0.717) is 16.7 Å². The molecule has 1 amide bonds. The number of hydrogen-bond acceptors (Lipinski definition) is 4. The molecule has 0 bridgehead atoms. The molecule has 3 rings (SSSR count). The number of aromatic nitrogens is 3. The molecule has 6 heteroatoms. The van der Waals surface area contributed by atoms with Crippen molar-refractivity contribution in [2.24, 2.45) is 0 Å². The van der Waals surface area contributed by atoms with Crippen LogP contribution in [0.1, 0.15) is 24.2 Å². The summed E-state index contributed by atoms with van der Waals surface area (Å²) < 4.78 is 0. The van der Waals surface area contributed by atoms with Gasteiger partial charge in [-0.3, -0.25) is 9.89 Å². The third-order valence-corrected chi connectivity index (χ3v) is 4.33. The van der Waals surface area contributed by atoms with E-state index in [4.69, 9.17) is 0 Å². The summed E-state index contributed by atoms with van der Waals surface area (Å²) in [6.45, 7) is 1.77. The minimum Gasteiger partial charge on any atom is -0.342 e. The summed E-state index contributed by atoms with van der Waals surface area (Å²) in [7, 11) is 0. The minimum absolute atomic E-state index is 0.175. The van der Waals surface area contributed by atoms with Gasteiger partial charge in [0.05, 0.1) is 5.75 Å². The molecule has 22 heavy (non-hydrogen) atoms. The van der Waals surface area contributed by atoms with E-state index < -0.39 is 0 Å². The lowest BCUT2D eigenvalue weighted by Crippen LogP contribution is -2.29. The van der Waals surface area contributed by atoms with Gasteiger partial charge in [-0.15, -0.1) is 5.10 Å². The van der Waals surface area contributed by atoms with Crippen LogP contribution in [-0.4, -0.2) is 44.8 Å². The lowest BCUT2D eigenvalue weighted by molar-refractivity contribution is -0.127. The first-order valence-electron chi connectivity index (χ1n) is 7.37. The lowest BCUT2D eigenvalue weighted by Gasteiger charge is -2.13. The highest BCUT2D eigenvalue weighted by atomic mass is 32.2. The van der Waals surface area contributed by atoms with Gasteiger partial charge in [-0.2, -0.15) is 0 Å². The number of benzene rings is 1. The fraction of sp³-hybridized carbons (Fsp3) is 0.312. The van der Waals surface area contributed by atoms with Gasteiger partial charge in [0.15, 0.2) is 0 Å². The second-order valence-corrected chi connectivity index (χ2v) is 6.07. The fourth-order valence-corrected chi connectivity index (χ4v) is 3.03. The van der Waals surface area contributed by atoms with E-state index >= 15 is 0 Å². The summed E-state index contributed by atoms with van der Waals surface area (Å²) >= 11 is 1.38. The highest BCUT2D eigenvalue weighted by Gasteiger charge is 2.18. The molecule has 1 aromatic carbocycles. The van der Waals surface area contributed by atoms with Crippen molar-refractivity contribution in [2.45, 2.75) is 18.0 Å². The summed E-state index contributed by atoms with van der Waals surface area (Å²) in [5.74, 6) is 1.27. The first-order chi connectivity index (χ1) is 10.8. The Hall–Kier alpha value is -2.08. The van der Waals surface area contributed by atoms with E-state index in [-0.39, 0.29) is 5.91 Å². The molecule has 1 N–H and O–H groups in total. The summed E-state index contributed by atoms with van der Waals surface area (Å²) in [6.07, 6.45) is 6.09. The van der Waals surface area contributed by atoms with E-state index in [0.717, 1.165) is 31.5 Å². The number of rotatable bonds is 5. The number of carbonyl (C=O) groups is 1. The van der Waals surface area contributed by atoms with Gasteiger partial charge in [0.2, 0.25) is 11.1 Å². The second-order valence-electron chi connectivity index (χ2n) is 5.12. The maximum atomic E-state index is 12.0. The molecule has 0 atom stereocenters. The highest BCUT2D eigenvalue weighted by molar-refractivity contribution is 7.99. The quantitative estimate of drug-likeness (QED) is 0.862. The van der Waals surface area contributed by atoms with Gasteiger partial charge in [-0.1, -0.05) is 48.2 Å². The van der Waals surface area contributed by atoms with E-state index in [1.165, 1.54) is 11.8 Å². The monoisotopic (exact) mass is 314 g/mol. The van der Waals surface area contributed by atoms with Crippen LogP contribution >= 0.6 is 11.8 Å². The Morgan fingerprint density at radius 2 is 2.00 bits per heavy atom. The number of H-pyrrole nitrogens is 1. The molecule has 2 aromatic rings. The molecular weight excluding hydrogens is 296 g/mol. The first kappa shape index (κ1) is 14.8. The summed E-state index contributed by atoms with van der Waals surface area (Å²) in [6, 6.07) is 10.0. The molecule has 114 valence electrons. The Balaban J connectivity index is 1.52. The predicted octanol–water partition coefficient (Wildman–Crippen LogP) is 2.69. The molecule has 5 nitrogen and oxygen atoms in total. The number of hydrogen-bond donors (Lipinski definition) is 1. The van der Waals surface area contributed by atoms with Gasteiger partial charge >= 0.3 is 0 Å². The Morgan fingerprint density at radius 1 is 1.23 bits per heavy atom. The van der Waals surface area contributed by atoms with Gasteiger partial charge in [-0.25, -0.2) is 4.98 Å². The standard InChI is InChI=1S/C16H18N4OS/c21-15(20-10-4-5-11-20)12-22-16-17-14(18-19-16)9-8-13-6-2-1-3-7-13/h1-3,6-9H,4-5,10-12H2,(H,17,18,19)/b9-8+. The van der Waals surface area contributed by atoms with E-state index in [1.807, 2.05) is 47.4 Å². The van der Waals surface area contributed by atoms with Crippen molar-refractivity contribution in [3.05, 3.63) is 41.7 Å². The Labute approximate surface area is 133 Å². The summed E-state index contributed by atoms with van der Waals surface area (Å²) in [4.78, 5) is 18.2. The van der Waals surface area contributed by atoms with Gasteiger partial charge in [0.1, 0.15) is 5.82 Å². The molecular formula is C16H18N4OS. The highest BCUT2D eigenvalue weighted by Crippen LogP contribution is 2.16. The van der Waals surface area contributed by atoms with Gasteiger partial charge in [0, 0.05) is 13.1 Å². The number of thioether (sulfide) groups is 1. The molecule has 1 aliphatic rings. The van der Waals surface area contributed by atoms with Gasteiger partial charge in [-0.05, 0) is 24.5 Å². The molecule has 2 heterocycles. The van der Waals surface area contributed by atoms with Crippen LogP contribution in [0.5, 0.6) is 0 Å². The topological polar surface area (TPSA) is 61.9 Å². The number of aromatic amines is 1. The van der Waals surface area contributed by atoms with Crippen LogP contribution < -0.4 is 0 Å². The third-order valence-electron chi connectivity index (χ3n) is 3.50. The maximum Gasteiger partial charge on any atom is 0.233 e. The molecule has 1 saturated heterocycles. The molecule has 0 spiro atoms. The van der Waals surface area contributed by atoms with E-state index in [2.05, 4.69) is 15.2 Å². The van der Waals surface area contributed by atoms with Crippen molar-refractivity contribution in [3.63, 3.8) is 0 Å². The average molecular weight is 314 g/mol. The molecule has 0 saturated carbocycles. The van der Waals surface area contributed by atoms with Crippen molar-refractivity contribution in [1.29, 1.82) is 0 Å². The number of carbonyl (C=O) groups excluding carboxylic acids is 1. The fourth-order valence-electron chi connectivity index (χ4n) is 2.32. The Bertz CT molecular complexity index is 647. The number of likely N-dealkylation sites (tertiary alicyclic amines) is 1. The average Bonchev–Trinajstić information content (AvgIpc) is 3.23. The zero-order valence-electron chi connectivity index (χ0n) is 12.2.